The predicted octanol–water partition coefficient (Wildman–Crippen LogP) is 0.622. The van der Waals surface area contributed by atoms with Gasteiger partial charge in [-0.25, -0.2) is 0 Å². The van der Waals surface area contributed by atoms with Gasteiger partial charge in [0.15, 0.2) is 0 Å². The normalized spacial score (nSPS) is 22.5. The Morgan fingerprint density at radius 2 is 1.86 bits per heavy atom. The molecule has 1 fully saturated rings. The van der Waals surface area contributed by atoms with Gasteiger partial charge in [-0.15, -0.1) is 0 Å². The molecule has 1 saturated heterocycles. The van der Waals surface area contributed by atoms with E-state index in [-0.39, 0.29) is 0 Å². The van der Waals surface area contributed by atoms with Crippen molar-refractivity contribution in [2.75, 3.05) is 46.3 Å². The topological polar surface area (TPSA) is 18.5 Å². The second kappa shape index (κ2) is 6.38. The quantitative estimate of drug-likeness (QED) is 0.700. The maximum atomic E-state index is 3.54. The molecule has 1 rings (SSSR count). The summed E-state index contributed by atoms with van der Waals surface area (Å²) < 4.78 is 0. The molecule has 84 valence electrons. The molecular formula is C11H25N3. The molecule has 0 spiro atoms. The van der Waals surface area contributed by atoms with Crippen molar-refractivity contribution >= 4 is 0 Å². The van der Waals surface area contributed by atoms with E-state index in [0.29, 0.717) is 6.04 Å². The molecule has 0 aliphatic carbocycles. The second-order valence-corrected chi connectivity index (χ2v) is 4.41. The molecule has 1 atom stereocenters. The summed E-state index contributed by atoms with van der Waals surface area (Å²) in [7, 11) is 2.20. The molecule has 1 heterocycles. The Morgan fingerprint density at radius 1 is 1.21 bits per heavy atom. The van der Waals surface area contributed by atoms with Crippen LogP contribution in [0.25, 0.3) is 0 Å². The first kappa shape index (κ1) is 12.0. The van der Waals surface area contributed by atoms with Crippen molar-refractivity contribution in [3.05, 3.63) is 0 Å². The number of likely N-dealkylation sites (N-methyl/N-ethyl adjacent to an activating group) is 1. The van der Waals surface area contributed by atoms with Crippen molar-refractivity contribution in [3.63, 3.8) is 0 Å². The van der Waals surface area contributed by atoms with Crippen LogP contribution in [0.2, 0.25) is 0 Å². The third-order valence-corrected chi connectivity index (χ3v) is 3.13. The van der Waals surface area contributed by atoms with Crippen molar-refractivity contribution in [2.24, 2.45) is 0 Å². The molecule has 3 heteroatoms. The lowest BCUT2D eigenvalue weighted by Gasteiger charge is -2.32. The number of nitrogens with zero attached hydrogens (tertiary/aromatic N) is 2. The highest BCUT2D eigenvalue weighted by atomic mass is 15.2. The van der Waals surface area contributed by atoms with Gasteiger partial charge in [-0.2, -0.15) is 0 Å². The molecule has 0 radical (unpaired) electrons. The Morgan fingerprint density at radius 3 is 2.43 bits per heavy atom. The minimum atomic E-state index is 0.669. The van der Waals surface area contributed by atoms with Gasteiger partial charge in [0.2, 0.25) is 0 Å². The van der Waals surface area contributed by atoms with Crippen molar-refractivity contribution in [1.82, 2.24) is 15.1 Å². The molecule has 0 saturated carbocycles. The predicted molar refractivity (Wildman–Crippen MR) is 61.7 cm³/mol. The lowest BCUT2D eigenvalue weighted by molar-refractivity contribution is 0.154. The maximum absolute atomic E-state index is 3.54. The Hall–Kier alpha value is -0.120. The summed E-state index contributed by atoms with van der Waals surface area (Å²) in [5.41, 5.74) is 0. The average Bonchev–Trinajstić information content (AvgIpc) is 2.21. The molecule has 0 aromatic heterocycles. The van der Waals surface area contributed by atoms with E-state index >= 15 is 0 Å². The van der Waals surface area contributed by atoms with Crippen molar-refractivity contribution < 1.29 is 0 Å². The summed E-state index contributed by atoms with van der Waals surface area (Å²) in [6.45, 7) is 11.7. The van der Waals surface area contributed by atoms with Gasteiger partial charge in [-0.1, -0.05) is 6.92 Å². The monoisotopic (exact) mass is 199 g/mol. The molecular weight excluding hydrogens is 174 g/mol. The Kier molecular flexibility index (Phi) is 5.45. The first-order valence-corrected chi connectivity index (χ1v) is 5.86. The summed E-state index contributed by atoms with van der Waals surface area (Å²) in [5.74, 6) is 0. The van der Waals surface area contributed by atoms with Crippen LogP contribution < -0.4 is 5.32 Å². The summed E-state index contributed by atoms with van der Waals surface area (Å²) >= 11 is 0. The number of hydrogen-bond acceptors (Lipinski definition) is 3. The SMILES string of the molecule is CCC(C)NCCN1CCN(C)CC1. The molecule has 3 nitrogen and oxygen atoms in total. The fraction of sp³-hybridized carbons (Fsp3) is 1.00. The standard InChI is InChI=1S/C11H25N3/c1-4-11(2)12-5-6-14-9-7-13(3)8-10-14/h11-12H,4-10H2,1-3H3. The van der Waals surface area contributed by atoms with Crippen LogP contribution in [0.3, 0.4) is 0 Å². The van der Waals surface area contributed by atoms with Crippen LogP contribution in [0.1, 0.15) is 20.3 Å². The van der Waals surface area contributed by atoms with Gasteiger partial charge in [0.05, 0.1) is 0 Å². The van der Waals surface area contributed by atoms with Gasteiger partial charge >= 0.3 is 0 Å². The first-order chi connectivity index (χ1) is 6.72. The smallest absolute Gasteiger partial charge is 0.0110 e. The molecule has 0 aromatic rings. The van der Waals surface area contributed by atoms with E-state index in [4.69, 9.17) is 0 Å². The zero-order valence-corrected chi connectivity index (χ0v) is 9.92. The number of hydrogen-bond donors (Lipinski definition) is 1. The summed E-state index contributed by atoms with van der Waals surface area (Å²) in [6, 6.07) is 0.669. The maximum Gasteiger partial charge on any atom is 0.0110 e. The molecule has 0 aromatic carbocycles. The van der Waals surface area contributed by atoms with Crippen LogP contribution in [-0.2, 0) is 0 Å². The van der Waals surface area contributed by atoms with E-state index in [1.54, 1.807) is 0 Å². The van der Waals surface area contributed by atoms with E-state index in [9.17, 15) is 0 Å². The zero-order valence-electron chi connectivity index (χ0n) is 9.92. The van der Waals surface area contributed by atoms with Gasteiger partial charge in [0, 0.05) is 45.3 Å². The summed E-state index contributed by atoms with van der Waals surface area (Å²) in [5, 5.41) is 3.54. The van der Waals surface area contributed by atoms with E-state index in [0.717, 1.165) is 6.54 Å². The highest BCUT2D eigenvalue weighted by molar-refractivity contribution is 4.70. The van der Waals surface area contributed by atoms with Crippen LogP contribution in [0.15, 0.2) is 0 Å². The largest absolute Gasteiger partial charge is 0.313 e. The van der Waals surface area contributed by atoms with Gasteiger partial charge in [-0.3, -0.25) is 4.90 Å². The van der Waals surface area contributed by atoms with E-state index in [2.05, 4.69) is 36.0 Å². The van der Waals surface area contributed by atoms with Gasteiger partial charge in [0.1, 0.15) is 0 Å². The van der Waals surface area contributed by atoms with Gasteiger partial charge in [-0.05, 0) is 20.4 Å². The second-order valence-electron chi connectivity index (χ2n) is 4.41. The third-order valence-electron chi connectivity index (χ3n) is 3.13. The molecule has 0 amide bonds. The van der Waals surface area contributed by atoms with Crippen molar-refractivity contribution in [2.45, 2.75) is 26.3 Å². The fourth-order valence-corrected chi connectivity index (χ4v) is 1.68. The molecule has 1 aliphatic heterocycles. The first-order valence-electron chi connectivity index (χ1n) is 5.86. The zero-order chi connectivity index (χ0) is 10.4. The molecule has 1 aliphatic rings. The fourth-order valence-electron chi connectivity index (χ4n) is 1.68. The lowest BCUT2D eigenvalue weighted by Crippen LogP contribution is -2.47. The van der Waals surface area contributed by atoms with Crippen molar-refractivity contribution in [3.8, 4) is 0 Å². The number of rotatable bonds is 5. The highest BCUT2D eigenvalue weighted by Gasteiger charge is 2.12. The van der Waals surface area contributed by atoms with Crippen molar-refractivity contribution in [1.29, 1.82) is 0 Å². The van der Waals surface area contributed by atoms with Crippen LogP contribution in [0.5, 0.6) is 0 Å². The van der Waals surface area contributed by atoms with E-state index in [1.165, 1.54) is 39.1 Å². The van der Waals surface area contributed by atoms with Crippen LogP contribution in [0, 0.1) is 0 Å². The van der Waals surface area contributed by atoms with Crippen LogP contribution >= 0.6 is 0 Å². The van der Waals surface area contributed by atoms with Gasteiger partial charge < -0.3 is 10.2 Å². The van der Waals surface area contributed by atoms with Crippen LogP contribution in [-0.4, -0.2) is 62.2 Å². The molecule has 14 heavy (non-hydrogen) atoms. The van der Waals surface area contributed by atoms with Crippen LogP contribution in [0.4, 0.5) is 0 Å². The molecule has 1 unspecified atom stereocenters. The highest BCUT2D eigenvalue weighted by Crippen LogP contribution is 1.97. The summed E-state index contributed by atoms with van der Waals surface area (Å²) in [4.78, 5) is 4.95. The third kappa shape index (κ3) is 4.40. The lowest BCUT2D eigenvalue weighted by atomic mass is 10.2. The number of nitrogens with one attached hydrogen (secondary N) is 1. The van der Waals surface area contributed by atoms with E-state index < -0.39 is 0 Å². The Labute approximate surface area is 88.5 Å². The Bertz CT molecular complexity index is 141. The average molecular weight is 199 g/mol. The molecule has 1 N–H and O–H groups in total. The number of piperazine rings is 1. The summed E-state index contributed by atoms with van der Waals surface area (Å²) in [6.07, 6.45) is 1.22. The Balaban J connectivity index is 2.02. The van der Waals surface area contributed by atoms with E-state index in [1.807, 2.05) is 0 Å². The van der Waals surface area contributed by atoms with Gasteiger partial charge in [0.25, 0.3) is 0 Å². The molecule has 0 bridgehead atoms. The minimum absolute atomic E-state index is 0.669. The minimum Gasteiger partial charge on any atom is -0.313 e.